The molecule has 1 atom stereocenters. The first kappa shape index (κ1) is 15.5. The fourth-order valence-electron chi connectivity index (χ4n) is 1.68. The molecule has 8 heteroatoms. The van der Waals surface area contributed by atoms with Crippen molar-refractivity contribution < 1.29 is 8.42 Å². The Bertz CT molecular complexity index is 591. The molecular formula is C11H13BrCl2N2O2S. The summed E-state index contributed by atoms with van der Waals surface area (Å²) in [6.07, 6.45) is 2.13. The number of hydrogen-bond acceptors (Lipinski definition) is 3. The summed E-state index contributed by atoms with van der Waals surface area (Å²) in [6.45, 7) is 0.212. The van der Waals surface area contributed by atoms with Gasteiger partial charge in [-0.15, -0.1) is 0 Å². The molecule has 0 saturated heterocycles. The Labute approximate surface area is 130 Å². The van der Waals surface area contributed by atoms with Crippen LogP contribution in [0.1, 0.15) is 12.8 Å². The molecule has 0 amide bonds. The Morgan fingerprint density at radius 1 is 1.37 bits per heavy atom. The number of sulfonamides is 1. The second-order valence-electron chi connectivity index (χ2n) is 4.55. The van der Waals surface area contributed by atoms with Crippen LogP contribution in [-0.2, 0) is 10.0 Å². The fraction of sp³-hybridized carbons (Fsp3) is 0.455. The number of nitrogens with two attached hydrogens (primary N) is 1. The minimum Gasteiger partial charge on any atom is -0.326 e. The fourth-order valence-corrected chi connectivity index (χ4v) is 4.02. The van der Waals surface area contributed by atoms with E-state index < -0.39 is 10.0 Å². The van der Waals surface area contributed by atoms with Crippen LogP contribution in [0.2, 0.25) is 10.0 Å². The Morgan fingerprint density at radius 3 is 2.58 bits per heavy atom. The topological polar surface area (TPSA) is 72.2 Å². The lowest BCUT2D eigenvalue weighted by atomic mass is 10.2. The lowest BCUT2D eigenvalue weighted by molar-refractivity contribution is 0.548. The Kier molecular flexibility index (Phi) is 4.80. The van der Waals surface area contributed by atoms with Gasteiger partial charge in [0.1, 0.15) is 4.90 Å². The van der Waals surface area contributed by atoms with Crippen LogP contribution in [0.4, 0.5) is 0 Å². The molecule has 0 spiro atoms. The molecule has 1 unspecified atom stereocenters. The molecule has 1 saturated carbocycles. The highest BCUT2D eigenvalue weighted by Crippen LogP contribution is 2.33. The van der Waals surface area contributed by atoms with Gasteiger partial charge in [0, 0.05) is 17.1 Å². The minimum absolute atomic E-state index is 0.00608. The van der Waals surface area contributed by atoms with E-state index in [-0.39, 0.29) is 22.5 Å². The third-order valence-electron chi connectivity index (χ3n) is 3.00. The van der Waals surface area contributed by atoms with Crippen molar-refractivity contribution in [1.29, 1.82) is 0 Å². The Morgan fingerprint density at radius 2 is 2.00 bits per heavy atom. The zero-order valence-corrected chi connectivity index (χ0v) is 13.8. The average Bonchev–Trinajstić information content (AvgIpc) is 3.14. The smallest absolute Gasteiger partial charge is 0.242 e. The summed E-state index contributed by atoms with van der Waals surface area (Å²) in [4.78, 5) is -0.00608. The first-order valence-electron chi connectivity index (χ1n) is 5.71. The van der Waals surface area contributed by atoms with Gasteiger partial charge in [-0.25, -0.2) is 13.1 Å². The number of halogens is 3. The van der Waals surface area contributed by atoms with Crippen molar-refractivity contribution in [3.8, 4) is 0 Å². The Balaban J connectivity index is 2.16. The summed E-state index contributed by atoms with van der Waals surface area (Å²) in [5.41, 5.74) is 5.87. The molecule has 1 aromatic rings. The van der Waals surface area contributed by atoms with Crippen LogP contribution in [0.3, 0.4) is 0 Å². The molecule has 0 aromatic heterocycles. The van der Waals surface area contributed by atoms with E-state index in [1.54, 1.807) is 0 Å². The molecule has 1 fully saturated rings. The summed E-state index contributed by atoms with van der Waals surface area (Å²) in [5, 5.41) is 0.444. The molecule has 0 radical (unpaired) electrons. The zero-order chi connectivity index (χ0) is 14.2. The van der Waals surface area contributed by atoms with Gasteiger partial charge in [0.05, 0.1) is 10.0 Å². The van der Waals surface area contributed by atoms with E-state index in [9.17, 15) is 8.42 Å². The third kappa shape index (κ3) is 3.83. The molecular weight excluding hydrogens is 375 g/mol. The summed E-state index contributed by atoms with van der Waals surface area (Å²) in [5.74, 6) is 0.426. The summed E-state index contributed by atoms with van der Waals surface area (Å²) >= 11 is 14.9. The molecule has 0 heterocycles. The van der Waals surface area contributed by atoms with Gasteiger partial charge in [-0.1, -0.05) is 23.2 Å². The number of hydrogen-bond donors (Lipinski definition) is 2. The Hall–Kier alpha value is 0.150. The molecule has 3 N–H and O–H groups in total. The highest BCUT2D eigenvalue weighted by molar-refractivity contribution is 9.10. The van der Waals surface area contributed by atoms with E-state index >= 15 is 0 Å². The number of nitrogens with one attached hydrogen (secondary N) is 1. The molecule has 0 aliphatic heterocycles. The van der Waals surface area contributed by atoms with Crippen molar-refractivity contribution in [3.05, 3.63) is 26.7 Å². The lowest BCUT2D eigenvalue weighted by Crippen LogP contribution is -2.38. The predicted octanol–water partition coefficient (Wildman–Crippen LogP) is 2.77. The first-order valence-corrected chi connectivity index (χ1v) is 8.74. The maximum Gasteiger partial charge on any atom is 0.242 e. The lowest BCUT2D eigenvalue weighted by Gasteiger charge is -2.13. The van der Waals surface area contributed by atoms with E-state index in [2.05, 4.69) is 20.7 Å². The SMILES string of the molecule is NC(CNS(=O)(=O)c1cc(Br)c(Cl)cc1Cl)C1CC1. The van der Waals surface area contributed by atoms with Crippen molar-refractivity contribution in [1.82, 2.24) is 4.72 Å². The molecule has 1 aliphatic rings. The van der Waals surface area contributed by atoms with Crippen LogP contribution in [0.5, 0.6) is 0 Å². The van der Waals surface area contributed by atoms with Crippen LogP contribution < -0.4 is 10.5 Å². The van der Waals surface area contributed by atoms with E-state index in [4.69, 9.17) is 28.9 Å². The van der Waals surface area contributed by atoms with Crippen molar-refractivity contribution in [2.24, 2.45) is 11.7 Å². The van der Waals surface area contributed by atoms with Gasteiger partial charge in [0.25, 0.3) is 0 Å². The maximum atomic E-state index is 12.1. The second kappa shape index (κ2) is 5.87. The van der Waals surface area contributed by atoms with Crippen LogP contribution in [0, 0.1) is 5.92 Å². The summed E-state index contributed by atoms with van der Waals surface area (Å²) in [6, 6.07) is 2.63. The van der Waals surface area contributed by atoms with Crippen molar-refractivity contribution in [3.63, 3.8) is 0 Å². The van der Waals surface area contributed by atoms with Gasteiger partial charge in [0.15, 0.2) is 0 Å². The van der Waals surface area contributed by atoms with Gasteiger partial charge in [-0.05, 0) is 46.8 Å². The van der Waals surface area contributed by atoms with Crippen molar-refractivity contribution in [2.45, 2.75) is 23.8 Å². The maximum absolute atomic E-state index is 12.1. The molecule has 2 rings (SSSR count). The molecule has 4 nitrogen and oxygen atoms in total. The standard InChI is InChI=1S/C11H13BrCl2N2O2S/c12-7-3-11(9(14)4-8(7)13)19(17,18)16-5-10(15)6-1-2-6/h3-4,6,10,16H,1-2,5,15H2. The summed E-state index contributed by atoms with van der Waals surface area (Å²) in [7, 11) is -3.68. The third-order valence-corrected chi connectivity index (χ3v) is 6.09. The molecule has 106 valence electrons. The van der Waals surface area contributed by atoms with E-state index in [0.29, 0.717) is 15.4 Å². The minimum atomic E-state index is -3.68. The molecule has 19 heavy (non-hydrogen) atoms. The highest BCUT2D eigenvalue weighted by Gasteiger charge is 2.29. The predicted molar refractivity (Wildman–Crippen MR) is 80.0 cm³/mol. The monoisotopic (exact) mass is 386 g/mol. The van der Waals surface area contributed by atoms with Crippen LogP contribution >= 0.6 is 39.1 Å². The highest BCUT2D eigenvalue weighted by atomic mass is 79.9. The van der Waals surface area contributed by atoms with Crippen molar-refractivity contribution in [2.75, 3.05) is 6.54 Å². The van der Waals surface area contributed by atoms with Crippen LogP contribution in [-0.4, -0.2) is 21.0 Å². The van der Waals surface area contributed by atoms with Gasteiger partial charge >= 0.3 is 0 Å². The van der Waals surface area contributed by atoms with Gasteiger partial charge < -0.3 is 5.73 Å². The average molecular weight is 388 g/mol. The van der Waals surface area contributed by atoms with Gasteiger partial charge in [-0.2, -0.15) is 0 Å². The quantitative estimate of drug-likeness (QED) is 0.763. The van der Waals surface area contributed by atoms with E-state index in [1.165, 1.54) is 12.1 Å². The van der Waals surface area contributed by atoms with Crippen LogP contribution in [0.25, 0.3) is 0 Å². The van der Waals surface area contributed by atoms with Crippen LogP contribution in [0.15, 0.2) is 21.5 Å². The van der Waals surface area contributed by atoms with Crippen molar-refractivity contribution >= 4 is 49.2 Å². The molecule has 0 bridgehead atoms. The summed E-state index contributed by atoms with van der Waals surface area (Å²) < 4.78 is 27.3. The van der Waals surface area contributed by atoms with Gasteiger partial charge in [0.2, 0.25) is 10.0 Å². The first-order chi connectivity index (χ1) is 8.81. The number of rotatable bonds is 5. The zero-order valence-electron chi connectivity index (χ0n) is 9.87. The van der Waals surface area contributed by atoms with E-state index in [1.807, 2.05) is 0 Å². The normalized spacial score (nSPS) is 17.5. The second-order valence-corrected chi connectivity index (χ2v) is 7.95. The number of benzene rings is 1. The van der Waals surface area contributed by atoms with Gasteiger partial charge in [-0.3, -0.25) is 0 Å². The molecule has 1 aromatic carbocycles. The largest absolute Gasteiger partial charge is 0.326 e. The van der Waals surface area contributed by atoms with E-state index in [0.717, 1.165) is 12.8 Å². The molecule has 1 aliphatic carbocycles.